The molecule has 3 heteroatoms. The van der Waals surface area contributed by atoms with Crippen LogP contribution in [0.25, 0.3) is 0 Å². The van der Waals surface area contributed by atoms with Gasteiger partial charge in [-0.3, -0.25) is 4.79 Å². The molecule has 0 aromatic heterocycles. The molecule has 0 aliphatic heterocycles. The summed E-state index contributed by atoms with van der Waals surface area (Å²) in [5.41, 5.74) is -0.208. The maximum atomic E-state index is 11.7. The van der Waals surface area contributed by atoms with E-state index in [0.29, 0.717) is 12.0 Å². The molecule has 0 saturated carbocycles. The van der Waals surface area contributed by atoms with Crippen LogP contribution in [-0.4, -0.2) is 11.4 Å². The number of rotatable bonds is 3. The van der Waals surface area contributed by atoms with Gasteiger partial charge in [-0.25, -0.2) is 0 Å². The van der Waals surface area contributed by atoms with Crippen LogP contribution in [0.5, 0.6) is 0 Å². The van der Waals surface area contributed by atoms with Crippen molar-refractivity contribution in [2.75, 3.05) is 0 Å². The largest absolute Gasteiger partial charge is 0.334 e. The number of nitriles is 1. The SMILES string of the molecule is CC[C@](C)(C#N)NC(=O)c1ccccc1. The van der Waals surface area contributed by atoms with Crippen molar-refractivity contribution in [1.82, 2.24) is 5.32 Å². The van der Waals surface area contributed by atoms with Gasteiger partial charge in [-0.2, -0.15) is 5.26 Å². The summed E-state index contributed by atoms with van der Waals surface area (Å²) in [6.45, 7) is 3.59. The van der Waals surface area contributed by atoms with Gasteiger partial charge in [0.05, 0.1) is 6.07 Å². The van der Waals surface area contributed by atoms with Crippen LogP contribution >= 0.6 is 0 Å². The van der Waals surface area contributed by atoms with Crippen molar-refractivity contribution in [3.8, 4) is 6.07 Å². The summed E-state index contributed by atoms with van der Waals surface area (Å²) < 4.78 is 0. The molecule has 1 amide bonds. The summed E-state index contributed by atoms with van der Waals surface area (Å²) in [6.07, 6.45) is 0.585. The molecule has 78 valence electrons. The minimum atomic E-state index is -0.785. The number of carbonyl (C=O) groups excluding carboxylic acids is 1. The molecule has 15 heavy (non-hydrogen) atoms. The van der Waals surface area contributed by atoms with Crippen LogP contribution in [0.1, 0.15) is 30.6 Å². The summed E-state index contributed by atoms with van der Waals surface area (Å²) in [5.74, 6) is -0.207. The molecule has 0 radical (unpaired) electrons. The van der Waals surface area contributed by atoms with Gasteiger partial charge in [0.2, 0.25) is 0 Å². The van der Waals surface area contributed by atoms with Gasteiger partial charge in [0.1, 0.15) is 5.54 Å². The molecule has 0 aliphatic carbocycles. The Morgan fingerprint density at radius 2 is 2.07 bits per heavy atom. The molecule has 1 aromatic carbocycles. The van der Waals surface area contributed by atoms with Crippen LogP contribution in [-0.2, 0) is 0 Å². The molecule has 1 N–H and O–H groups in total. The second kappa shape index (κ2) is 4.61. The molecule has 0 aliphatic rings. The predicted octanol–water partition coefficient (Wildman–Crippen LogP) is 2.11. The minimum Gasteiger partial charge on any atom is -0.334 e. The molecular formula is C12H14N2O. The van der Waals surface area contributed by atoms with Crippen molar-refractivity contribution >= 4 is 5.91 Å². The summed E-state index contributed by atoms with van der Waals surface area (Å²) >= 11 is 0. The highest BCUT2D eigenvalue weighted by Gasteiger charge is 2.23. The molecule has 0 heterocycles. The lowest BCUT2D eigenvalue weighted by molar-refractivity contribution is 0.0923. The van der Waals surface area contributed by atoms with Crippen molar-refractivity contribution in [3.63, 3.8) is 0 Å². The zero-order valence-electron chi connectivity index (χ0n) is 8.95. The van der Waals surface area contributed by atoms with Crippen LogP contribution < -0.4 is 5.32 Å². The van der Waals surface area contributed by atoms with Crippen molar-refractivity contribution < 1.29 is 4.79 Å². The maximum absolute atomic E-state index is 11.7. The Balaban J connectivity index is 2.77. The summed E-state index contributed by atoms with van der Waals surface area (Å²) in [4.78, 5) is 11.7. The summed E-state index contributed by atoms with van der Waals surface area (Å²) in [5, 5.41) is 11.6. The van der Waals surface area contributed by atoms with Gasteiger partial charge in [-0.1, -0.05) is 25.1 Å². The highest BCUT2D eigenvalue weighted by molar-refractivity contribution is 5.94. The molecule has 0 bridgehead atoms. The Kier molecular flexibility index (Phi) is 3.46. The first-order chi connectivity index (χ1) is 7.11. The van der Waals surface area contributed by atoms with E-state index >= 15 is 0 Å². The zero-order chi connectivity index (χ0) is 11.3. The molecule has 1 atom stereocenters. The smallest absolute Gasteiger partial charge is 0.252 e. The van der Waals surface area contributed by atoms with Gasteiger partial charge >= 0.3 is 0 Å². The fourth-order valence-corrected chi connectivity index (χ4v) is 1.11. The second-order valence-corrected chi connectivity index (χ2v) is 3.62. The molecule has 0 unspecified atom stereocenters. The van der Waals surface area contributed by atoms with Crippen LogP contribution in [0.3, 0.4) is 0 Å². The highest BCUT2D eigenvalue weighted by atomic mass is 16.1. The molecule has 0 fully saturated rings. The third-order valence-corrected chi connectivity index (χ3v) is 2.38. The Morgan fingerprint density at radius 3 is 2.53 bits per heavy atom. The van der Waals surface area contributed by atoms with Gasteiger partial charge < -0.3 is 5.32 Å². The fraction of sp³-hybridized carbons (Fsp3) is 0.333. The standard InChI is InChI=1S/C12H14N2O/c1-3-12(2,9-13)14-11(15)10-7-5-4-6-8-10/h4-8H,3H2,1-2H3,(H,14,15)/t12-/m1/s1. The minimum absolute atomic E-state index is 0.207. The average molecular weight is 202 g/mol. The van der Waals surface area contributed by atoms with Crippen molar-refractivity contribution in [1.29, 1.82) is 5.26 Å². The first kappa shape index (κ1) is 11.3. The van der Waals surface area contributed by atoms with E-state index in [0.717, 1.165) is 0 Å². The number of nitrogens with one attached hydrogen (secondary N) is 1. The van der Waals surface area contributed by atoms with Gasteiger partial charge in [-0.05, 0) is 25.5 Å². The average Bonchev–Trinajstić information content (AvgIpc) is 2.30. The Labute approximate surface area is 89.7 Å². The first-order valence-electron chi connectivity index (χ1n) is 4.90. The van der Waals surface area contributed by atoms with Gasteiger partial charge in [0.15, 0.2) is 0 Å². The van der Waals surface area contributed by atoms with E-state index < -0.39 is 5.54 Å². The third-order valence-electron chi connectivity index (χ3n) is 2.38. The van der Waals surface area contributed by atoms with E-state index in [1.807, 2.05) is 13.0 Å². The van der Waals surface area contributed by atoms with Crippen molar-refractivity contribution in [2.24, 2.45) is 0 Å². The van der Waals surface area contributed by atoms with E-state index in [-0.39, 0.29) is 5.91 Å². The van der Waals surface area contributed by atoms with Crippen LogP contribution in [0.4, 0.5) is 0 Å². The monoisotopic (exact) mass is 202 g/mol. The van der Waals surface area contributed by atoms with Gasteiger partial charge in [0, 0.05) is 5.56 Å². The highest BCUT2D eigenvalue weighted by Crippen LogP contribution is 2.09. The van der Waals surface area contributed by atoms with Crippen LogP contribution in [0.15, 0.2) is 30.3 Å². The van der Waals surface area contributed by atoms with Gasteiger partial charge in [-0.15, -0.1) is 0 Å². The maximum Gasteiger partial charge on any atom is 0.252 e. The Bertz CT molecular complexity index is 380. The number of carbonyl (C=O) groups is 1. The number of hydrogen-bond acceptors (Lipinski definition) is 2. The van der Waals surface area contributed by atoms with E-state index in [1.54, 1.807) is 31.2 Å². The Hall–Kier alpha value is -1.82. The van der Waals surface area contributed by atoms with E-state index in [1.165, 1.54) is 0 Å². The molecule has 3 nitrogen and oxygen atoms in total. The number of hydrogen-bond donors (Lipinski definition) is 1. The topological polar surface area (TPSA) is 52.9 Å². The predicted molar refractivity (Wildman–Crippen MR) is 58.2 cm³/mol. The normalized spacial score (nSPS) is 13.7. The number of amides is 1. The number of nitrogens with zero attached hydrogens (tertiary/aromatic N) is 1. The van der Waals surface area contributed by atoms with Crippen LogP contribution in [0.2, 0.25) is 0 Å². The lowest BCUT2D eigenvalue weighted by Crippen LogP contribution is -2.44. The zero-order valence-corrected chi connectivity index (χ0v) is 8.95. The lowest BCUT2D eigenvalue weighted by atomic mass is 10.0. The summed E-state index contributed by atoms with van der Waals surface area (Å²) in [7, 11) is 0. The van der Waals surface area contributed by atoms with Crippen molar-refractivity contribution in [2.45, 2.75) is 25.8 Å². The van der Waals surface area contributed by atoms with E-state index in [4.69, 9.17) is 5.26 Å². The van der Waals surface area contributed by atoms with Gasteiger partial charge in [0.25, 0.3) is 5.91 Å². The Morgan fingerprint density at radius 1 is 1.47 bits per heavy atom. The molecule has 0 spiro atoms. The third kappa shape index (κ3) is 2.81. The second-order valence-electron chi connectivity index (χ2n) is 3.62. The fourth-order valence-electron chi connectivity index (χ4n) is 1.11. The summed E-state index contributed by atoms with van der Waals surface area (Å²) in [6, 6.07) is 11.0. The number of benzene rings is 1. The van der Waals surface area contributed by atoms with Crippen LogP contribution in [0, 0.1) is 11.3 Å². The van der Waals surface area contributed by atoms with E-state index in [2.05, 4.69) is 11.4 Å². The molecule has 1 rings (SSSR count). The molecule has 1 aromatic rings. The quantitative estimate of drug-likeness (QED) is 0.816. The first-order valence-corrected chi connectivity index (χ1v) is 4.90. The van der Waals surface area contributed by atoms with Crippen molar-refractivity contribution in [3.05, 3.63) is 35.9 Å². The lowest BCUT2D eigenvalue weighted by Gasteiger charge is -2.21. The van der Waals surface area contributed by atoms with E-state index in [9.17, 15) is 4.79 Å². The molecule has 0 saturated heterocycles. The molecular weight excluding hydrogens is 188 g/mol.